The lowest BCUT2D eigenvalue weighted by atomic mass is 10.3. The van der Waals surface area contributed by atoms with Crippen molar-refractivity contribution in [1.82, 2.24) is 9.97 Å². The molecule has 0 unspecified atom stereocenters. The maximum absolute atomic E-state index is 5.93. The molecule has 1 N–H and O–H groups in total. The number of rotatable bonds is 3. The molecule has 1 aromatic carbocycles. The van der Waals surface area contributed by atoms with E-state index in [9.17, 15) is 0 Å². The van der Waals surface area contributed by atoms with E-state index < -0.39 is 0 Å². The fourth-order valence-corrected chi connectivity index (χ4v) is 2.70. The van der Waals surface area contributed by atoms with Crippen LogP contribution in [0.15, 0.2) is 42.6 Å². The summed E-state index contributed by atoms with van der Waals surface area (Å²) in [6, 6.07) is 11.5. The highest BCUT2D eigenvalue weighted by molar-refractivity contribution is 7.18. The van der Waals surface area contributed by atoms with Crippen LogP contribution in [0.25, 0.3) is 10.3 Å². The number of nitrogens with zero attached hydrogens (tertiary/aromatic N) is 2. The Labute approximate surface area is 113 Å². The van der Waals surface area contributed by atoms with Crippen molar-refractivity contribution >= 4 is 39.0 Å². The molecule has 0 fully saturated rings. The predicted molar refractivity (Wildman–Crippen MR) is 76.2 cm³/mol. The third kappa shape index (κ3) is 2.44. The summed E-state index contributed by atoms with van der Waals surface area (Å²) in [5.41, 5.74) is 1.94. The minimum absolute atomic E-state index is 0.682. The van der Waals surface area contributed by atoms with Gasteiger partial charge in [-0.1, -0.05) is 29.0 Å². The van der Waals surface area contributed by atoms with Crippen LogP contribution >= 0.6 is 22.9 Å². The van der Waals surface area contributed by atoms with E-state index in [-0.39, 0.29) is 0 Å². The van der Waals surface area contributed by atoms with Crippen LogP contribution in [0.4, 0.5) is 5.69 Å². The highest BCUT2D eigenvalue weighted by Crippen LogP contribution is 2.21. The van der Waals surface area contributed by atoms with Crippen molar-refractivity contribution in [2.75, 3.05) is 5.32 Å². The van der Waals surface area contributed by atoms with Crippen molar-refractivity contribution in [2.24, 2.45) is 0 Å². The van der Waals surface area contributed by atoms with Gasteiger partial charge in [-0.2, -0.15) is 0 Å². The number of hydrogen-bond donors (Lipinski definition) is 1. The number of nitrogens with one attached hydrogen (secondary N) is 1. The molecular weight excluding hydrogens is 266 g/mol. The van der Waals surface area contributed by atoms with Gasteiger partial charge in [0.2, 0.25) is 0 Å². The van der Waals surface area contributed by atoms with Crippen LogP contribution in [0.5, 0.6) is 0 Å². The normalized spacial score (nSPS) is 10.7. The van der Waals surface area contributed by atoms with E-state index in [1.165, 1.54) is 0 Å². The first-order valence-corrected chi connectivity index (χ1v) is 6.70. The number of thiazole rings is 1. The molecule has 5 heteroatoms. The third-order valence-electron chi connectivity index (χ3n) is 2.48. The lowest BCUT2D eigenvalue weighted by Gasteiger charge is -2.03. The summed E-state index contributed by atoms with van der Waals surface area (Å²) in [4.78, 5) is 9.76. The Morgan fingerprint density at radius 1 is 1.22 bits per heavy atom. The van der Waals surface area contributed by atoms with Crippen LogP contribution in [0.1, 0.15) is 5.01 Å². The van der Waals surface area contributed by atoms with E-state index >= 15 is 0 Å². The van der Waals surface area contributed by atoms with Gasteiger partial charge in [0.1, 0.15) is 15.4 Å². The zero-order valence-electron chi connectivity index (χ0n) is 9.43. The Balaban J connectivity index is 1.76. The molecule has 3 rings (SSSR count). The van der Waals surface area contributed by atoms with Crippen LogP contribution in [0, 0.1) is 0 Å². The van der Waals surface area contributed by atoms with E-state index in [0.29, 0.717) is 6.54 Å². The molecule has 0 aliphatic heterocycles. The summed E-state index contributed by atoms with van der Waals surface area (Å²) in [5.74, 6) is 0. The third-order valence-corrected chi connectivity index (χ3v) is 3.69. The molecule has 3 aromatic rings. The van der Waals surface area contributed by atoms with Gasteiger partial charge in [0.05, 0.1) is 6.54 Å². The largest absolute Gasteiger partial charge is 0.378 e. The van der Waals surface area contributed by atoms with E-state index in [0.717, 1.165) is 26.1 Å². The molecule has 3 nitrogen and oxygen atoms in total. The van der Waals surface area contributed by atoms with E-state index in [4.69, 9.17) is 11.6 Å². The monoisotopic (exact) mass is 275 g/mol. The minimum Gasteiger partial charge on any atom is -0.378 e. The maximum atomic E-state index is 5.93. The smallest absolute Gasteiger partial charge is 0.143 e. The average Bonchev–Trinajstić information content (AvgIpc) is 2.79. The Morgan fingerprint density at radius 2 is 2.17 bits per heavy atom. The average molecular weight is 276 g/mol. The number of benzene rings is 1. The van der Waals surface area contributed by atoms with Crippen molar-refractivity contribution < 1.29 is 0 Å². The van der Waals surface area contributed by atoms with Gasteiger partial charge in [-0.3, -0.25) is 0 Å². The van der Waals surface area contributed by atoms with Gasteiger partial charge in [0.15, 0.2) is 0 Å². The van der Waals surface area contributed by atoms with Crippen molar-refractivity contribution in [2.45, 2.75) is 6.54 Å². The van der Waals surface area contributed by atoms with Crippen molar-refractivity contribution in [3.05, 3.63) is 52.6 Å². The molecule has 18 heavy (non-hydrogen) atoms. The van der Waals surface area contributed by atoms with Gasteiger partial charge < -0.3 is 5.32 Å². The summed E-state index contributed by atoms with van der Waals surface area (Å²) in [7, 11) is 0. The lowest BCUT2D eigenvalue weighted by molar-refractivity contribution is 1.12. The van der Waals surface area contributed by atoms with Gasteiger partial charge in [-0.25, -0.2) is 9.97 Å². The summed E-state index contributed by atoms with van der Waals surface area (Å²) < 4.78 is 0. The molecule has 0 amide bonds. The number of fused-ring (bicyclic) bond motifs is 1. The summed E-state index contributed by atoms with van der Waals surface area (Å²) in [6.07, 6.45) is 1.79. The zero-order chi connectivity index (χ0) is 12.4. The molecule has 90 valence electrons. The molecule has 0 aliphatic carbocycles. The molecule has 0 spiro atoms. The number of halogens is 1. The van der Waals surface area contributed by atoms with E-state index in [1.54, 1.807) is 17.5 Å². The Hall–Kier alpha value is -1.65. The van der Waals surface area contributed by atoms with E-state index in [2.05, 4.69) is 15.3 Å². The first-order valence-electron chi connectivity index (χ1n) is 5.51. The molecular formula is C13H10ClN3S. The Kier molecular flexibility index (Phi) is 3.13. The van der Waals surface area contributed by atoms with Crippen LogP contribution in [0.2, 0.25) is 5.02 Å². The number of pyridine rings is 1. The van der Waals surface area contributed by atoms with Gasteiger partial charge in [0.25, 0.3) is 0 Å². The predicted octanol–water partition coefficient (Wildman–Crippen LogP) is 3.96. The van der Waals surface area contributed by atoms with Gasteiger partial charge in [-0.05, 0) is 30.3 Å². The van der Waals surface area contributed by atoms with Crippen molar-refractivity contribution in [1.29, 1.82) is 0 Å². The van der Waals surface area contributed by atoms with Crippen molar-refractivity contribution in [3.8, 4) is 0 Å². The Bertz CT molecular complexity index is 648. The number of anilines is 1. The second-order valence-electron chi connectivity index (χ2n) is 3.80. The van der Waals surface area contributed by atoms with Crippen molar-refractivity contribution in [3.63, 3.8) is 0 Å². The topological polar surface area (TPSA) is 37.8 Å². The van der Waals surface area contributed by atoms with Crippen LogP contribution in [-0.2, 0) is 6.54 Å². The maximum Gasteiger partial charge on any atom is 0.143 e. The van der Waals surface area contributed by atoms with Gasteiger partial charge in [0, 0.05) is 16.9 Å². The highest BCUT2D eigenvalue weighted by atomic mass is 35.5. The molecule has 0 bridgehead atoms. The van der Waals surface area contributed by atoms with Crippen LogP contribution in [-0.4, -0.2) is 9.97 Å². The zero-order valence-corrected chi connectivity index (χ0v) is 11.0. The molecule has 0 saturated carbocycles. The second kappa shape index (κ2) is 4.92. The number of hydrogen-bond acceptors (Lipinski definition) is 4. The molecule has 2 heterocycles. The van der Waals surface area contributed by atoms with Gasteiger partial charge >= 0.3 is 0 Å². The Morgan fingerprint density at radius 3 is 3.00 bits per heavy atom. The molecule has 0 saturated heterocycles. The summed E-state index contributed by atoms with van der Waals surface area (Å²) in [6.45, 7) is 0.682. The molecule has 0 radical (unpaired) electrons. The fourth-order valence-electron chi connectivity index (χ4n) is 1.67. The number of aromatic nitrogens is 2. The first kappa shape index (κ1) is 11.4. The van der Waals surface area contributed by atoms with Crippen LogP contribution in [0.3, 0.4) is 0 Å². The SMILES string of the molecule is Clc1cccc(NCc2nc3cccnc3s2)c1. The van der Waals surface area contributed by atoms with Gasteiger partial charge in [-0.15, -0.1) is 0 Å². The quantitative estimate of drug-likeness (QED) is 0.786. The summed E-state index contributed by atoms with van der Waals surface area (Å²) in [5, 5.41) is 5.04. The lowest BCUT2D eigenvalue weighted by Crippen LogP contribution is -1.98. The van der Waals surface area contributed by atoms with Crippen LogP contribution < -0.4 is 5.32 Å². The van der Waals surface area contributed by atoms with E-state index in [1.807, 2.05) is 36.4 Å². The standard InChI is InChI=1S/C13H10ClN3S/c14-9-3-1-4-10(7-9)16-8-12-17-11-5-2-6-15-13(11)18-12/h1-7,16H,8H2. The molecule has 0 aliphatic rings. The highest BCUT2D eigenvalue weighted by Gasteiger charge is 2.03. The minimum atomic E-state index is 0.682. The molecule has 2 aromatic heterocycles. The molecule has 0 atom stereocenters. The first-order chi connectivity index (χ1) is 8.81. The second-order valence-corrected chi connectivity index (χ2v) is 5.30. The summed E-state index contributed by atoms with van der Waals surface area (Å²) >= 11 is 7.53. The fraction of sp³-hybridized carbons (Fsp3) is 0.0769.